The predicted octanol–water partition coefficient (Wildman–Crippen LogP) is 3.13. The second-order valence-electron chi connectivity index (χ2n) is 5.84. The number of hydrogen-bond acceptors (Lipinski definition) is 6. The third-order valence-electron chi connectivity index (χ3n) is 4.04. The fourth-order valence-electron chi connectivity index (χ4n) is 2.78. The number of amides is 1. The number of hydrogen-bond donors (Lipinski definition) is 2. The van der Waals surface area contributed by atoms with E-state index >= 15 is 0 Å². The van der Waals surface area contributed by atoms with Crippen LogP contribution in [-0.4, -0.2) is 21.1 Å². The van der Waals surface area contributed by atoms with Gasteiger partial charge in [-0.05, 0) is 23.8 Å². The van der Waals surface area contributed by atoms with Gasteiger partial charge in [-0.3, -0.25) is 4.79 Å². The maximum absolute atomic E-state index is 13.3. The van der Waals surface area contributed by atoms with Crippen LogP contribution in [0.5, 0.6) is 0 Å². The lowest BCUT2D eigenvalue weighted by molar-refractivity contribution is 0.100. The van der Waals surface area contributed by atoms with Crippen molar-refractivity contribution >= 4 is 22.5 Å². The zero-order chi connectivity index (χ0) is 18.8. The van der Waals surface area contributed by atoms with Crippen molar-refractivity contribution < 1.29 is 13.6 Å². The molecule has 4 aromatic rings. The second-order valence-corrected chi connectivity index (χ2v) is 5.84. The number of halogens is 1. The molecule has 1 amide bonds. The first-order valence-corrected chi connectivity index (χ1v) is 8.10. The highest BCUT2D eigenvalue weighted by Gasteiger charge is 2.16. The van der Waals surface area contributed by atoms with Crippen LogP contribution in [0, 0.1) is 5.82 Å². The summed E-state index contributed by atoms with van der Waals surface area (Å²) in [6, 6.07) is 11.4. The van der Waals surface area contributed by atoms with E-state index in [0.29, 0.717) is 34.5 Å². The van der Waals surface area contributed by atoms with E-state index < -0.39 is 5.91 Å². The maximum atomic E-state index is 13.3. The molecule has 0 aliphatic rings. The molecule has 2 aromatic carbocycles. The molecule has 0 radical (unpaired) electrons. The first-order valence-electron chi connectivity index (χ1n) is 8.10. The lowest BCUT2D eigenvalue weighted by Gasteiger charge is -2.06. The Hall–Kier alpha value is -3.81. The summed E-state index contributed by atoms with van der Waals surface area (Å²) in [6.45, 7) is 0.376. The molecule has 0 bridgehead atoms. The molecular weight excluding hydrogens is 349 g/mol. The Morgan fingerprint density at radius 3 is 2.85 bits per heavy atom. The summed E-state index contributed by atoms with van der Waals surface area (Å²) in [5.41, 5.74) is 6.52. The van der Waals surface area contributed by atoms with Crippen LogP contribution in [0.3, 0.4) is 0 Å². The van der Waals surface area contributed by atoms with Gasteiger partial charge in [-0.2, -0.15) is 5.10 Å². The van der Waals surface area contributed by atoms with Gasteiger partial charge in [0.2, 0.25) is 11.7 Å². The first-order chi connectivity index (χ1) is 13.1. The Balaban J connectivity index is 1.64. The number of furan rings is 1. The van der Waals surface area contributed by atoms with Crippen LogP contribution in [0.2, 0.25) is 0 Å². The summed E-state index contributed by atoms with van der Waals surface area (Å²) in [5.74, 6) is 0.256. The van der Waals surface area contributed by atoms with E-state index in [4.69, 9.17) is 10.2 Å². The first kappa shape index (κ1) is 16.6. The number of aromatic nitrogens is 3. The Morgan fingerprint density at radius 2 is 2.04 bits per heavy atom. The van der Waals surface area contributed by atoms with Gasteiger partial charge in [-0.15, -0.1) is 5.10 Å². The molecule has 3 N–H and O–H groups in total. The molecule has 7 nitrogen and oxygen atoms in total. The Morgan fingerprint density at radius 1 is 1.19 bits per heavy atom. The number of fused-ring (bicyclic) bond motifs is 1. The number of carbonyl (C=O) groups is 1. The van der Waals surface area contributed by atoms with E-state index in [1.54, 1.807) is 30.3 Å². The van der Waals surface area contributed by atoms with Gasteiger partial charge in [0, 0.05) is 17.3 Å². The Labute approximate surface area is 153 Å². The molecule has 0 fully saturated rings. The SMILES string of the molecule is NC(=O)c1cccc2c(-c3nncc(NCc4cccc(F)c4)n3)occ12. The largest absolute Gasteiger partial charge is 0.460 e. The molecule has 0 spiro atoms. The quantitative estimate of drug-likeness (QED) is 0.564. The van der Waals surface area contributed by atoms with Crippen molar-refractivity contribution in [3.63, 3.8) is 0 Å². The highest BCUT2D eigenvalue weighted by molar-refractivity contribution is 6.08. The molecule has 2 heterocycles. The zero-order valence-corrected chi connectivity index (χ0v) is 14.0. The van der Waals surface area contributed by atoms with E-state index in [0.717, 1.165) is 5.56 Å². The third-order valence-corrected chi connectivity index (χ3v) is 4.04. The van der Waals surface area contributed by atoms with E-state index in [1.807, 2.05) is 0 Å². The Kier molecular flexibility index (Phi) is 4.21. The fourth-order valence-corrected chi connectivity index (χ4v) is 2.78. The van der Waals surface area contributed by atoms with Gasteiger partial charge in [-0.1, -0.05) is 24.3 Å². The average Bonchev–Trinajstić information content (AvgIpc) is 3.11. The number of anilines is 1. The number of nitrogens with two attached hydrogens (primary N) is 1. The summed E-state index contributed by atoms with van der Waals surface area (Å²) in [5, 5.41) is 12.3. The predicted molar refractivity (Wildman–Crippen MR) is 97.3 cm³/mol. The van der Waals surface area contributed by atoms with Gasteiger partial charge in [0.05, 0.1) is 11.8 Å². The van der Waals surface area contributed by atoms with Gasteiger partial charge >= 0.3 is 0 Å². The van der Waals surface area contributed by atoms with Crippen LogP contribution < -0.4 is 11.1 Å². The van der Waals surface area contributed by atoms with Crippen molar-refractivity contribution in [1.29, 1.82) is 0 Å². The summed E-state index contributed by atoms with van der Waals surface area (Å²) in [7, 11) is 0. The van der Waals surface area contributed by atoms with Gasteiger partial charge in [-0.25, -0.2) is 9.37 Å². The van der Waals surface area contributed by atoms with Crippen LogP contribution in [0.15, 0.2) is 59.3 Å². The topological polar surface area (TPSA) is 107 Å². The van der Waals surface area contributed by atoms with Crippen molar-refractivity contribution in [2.24, 2.45) is 5.73 Å². The smallest absolute Gasteiger partial charge is 0.249 e. The molecular formula is C19H14FN5O2. The summed E-state index contributed by atoms with van der Waals surface area (Å²) in [6.07, 6.45) is 2.91. The normalized spacial score (nSPS) is 10.9. The van der Waals surface area contributed by atoms with Crippen LogP contribution in [0.1, 0.15) is 15.9 Å². The fraction of sp³-hybridized carbons (Fsp3) is 0.0526. The number of primary amides is 1. The van der Waals surface area contributed by atoms with Crippen molar-refractivity contribution in [2.75, 3.05) is 5.32 Å². The van der Waals surface area contributed by atoms with Crippen molar-refractivity contribution in [3.8, 4) is 11.6 Å². The van der Waals surface area contributed by atoms with Crippen molar-refractivity contribution in [2.45, 2.75) is 6.54 Å². The van der Waals surface area contributed by atoms with Gasteiger partial charge in [0.15, 0.2) is 5.76 Å². The molecule has 0 aliphatic heterocycles. The summed E-state index contributed by atoms with van der Waals surface area (Å²) < 4.78 is 18.8. The van der Waals surface area contributed by atoms with Crippen LogP contribution in [0.25, 0.3) is 22.4 Å². The van der Waals surface area contributed by atoms with Crippen molar-refractivity contribution in [3.05, 3.63) is 71.9 Å². The van der Waals surface area contributed by atoms with E-state index in [9.17, 15) is 9.18 Å². The molecule has 27 heavy (non-hydrogen) atoms. The monoisotopic (exact) mass is 363 g/mol. The van der Waals surface area contributed by atoms with E-state index in [2.05, 4.69) is 20.5 Å². The van der Waals surface area contributed by atoms with Gasteiger partial charge in [0.1, 0.15) is 17.9 Å². The highest BCUT2D eigenvalue weighted by Crippen LogP contribution is 2.30. The molecule has 0 saturated carbocycles. The molecule has 8 heteroatoms. The molecule has 0 saturated heterocycles. The number of benzene rings is 2. The minimum Gasteiger partial charge on any atom is -0.460 e. The van der Waals surface area contributed by atoms with Gasteiger partial charge in [0.25, 0.3) is 0 Å². The van der Waals surface area contributed by atoms with Crippen LogP contribution >= 0.6 is 0 Å². The zero-order valence-electron chi connectivity index (χ0n) is 14.0. The number of rotatable bonds is 5. The minimum absolute atomic E-state index is 0.260. The van der Waals surface area contributed by atoms with Crippen molar-refractivity contribution in [1.82, 2.24) is 15.2 Å². The number of carbonyl (C=O) groups excluding carboxylic acids is 1. The summed E-state index contributed by atoms with van der Waals surface area (Å²) >= 11 is 0. The third kappa shape index (κ3) is 3.32. The molecule has 0 unspecified atom stereocenters. The molecule has 134 valence electrons. The molecule has 2 aromatic heterocycles. The van der Waals surface area contributed by atoms with E-state index in [1.165, 1.54) is 24.6 Å². The molecule has 0 aliphatic carbocycles. The lowest BCUT2D eigenvalue weighted by Crippen LogP contribution is -2.10. The van der Waals surface area contributed by atoms with Crippen LogP contribution in [0.4, 0.5) is 10.2 Å². The lowest BCUT2D eigenvalue weighted by atomic mass is 10.1. The van der Waals surface area contributed by atoms with Gasteiger partial charge < -0.3 is 15.5 Å². The average molecular weight is 363 g/mol. The van der Waals surface area contributed by atoms with Crippen LogP contribution in [-0.2, 0) is 6.54 Å². The molecule has 4 rings (SSSR count). The second kappa shape index (κ2) is 6.83. The minimum atomic E-state index is -0.544. The Bertz CT molecular complexity index is 1140. The number of nitrogens with one attached hydrogen (secondary N) is 1. The standard InChI is InChI=1S/C19H14FN5O2/c20-12-4-1-3-11(7-12)8-22-16-9-23-25-19(24-16)17-13-5-2-6-14(18(21)26)15(13)10-27-17/h1-7,9-10H,8H2,(H2,21,26)(H,22,24,25). The summed E-state index contributed by atoms with van der Waals surface area (Å²) in [4.78, 5) is 15.9. The van der Waals surface area contributed by atoms with E-state index in [-0.39, 0.29) is 11.6 Å². The highest BCUT2D eigenvalue weighted by atomic mass is 19.1. The molecule has 0 atom stereocenters. The number of nitrogens with zero attached hydrogens (tertiary/aromatic N) is 3. The maximum Gasteiger partial charge on any atom is 0.249 e.